The van der Waals surface area contributed by atoms with E-state index in [0.717, 1.165) is 19.4 Å². The Morgan fingerprint density at radius 2 is 1.76 bits per heavy atom. The van der Waals surface area contributed by atoms with Crippen molar-refractivity contribution in [2.24, 2.45) is 0 Å². The summed E-state index contributed by atoms with van der Waals surface area (Å²) in [4.78, 5) is 0. The molecule has 0 aliphatic rings. The Morgan fingerprint density at radius 3 is 2.33 bits per heavy atom. The fourth-order valence-electron chi connectivity index (χ4n) is 2.18. The highest BCUT2D eigenvalue weighted by Crippen LogP contribution is 2.36. The van der Waals surface area contributed by atoms with Crippen LogP contribution < -0.4 is 19.5 Å². The largest absolute Gasteiger partial charge is 0.493 e. The number of methoxy groups -OCH3 is 2. The van der Waals surface area contributed by atoms with E-state index in [1.165, 1.54) is 12.8 Å². The maximum Gasteiger partial charge on any atom is 0.203 e. The third kappa shape index (κ3) is 6.25. The van der Waals surface area contributed by atoms with Crippen LogP contribution in [0.5, 0.6) is 17.2 Å². The van der Waals surface area contributed by atoms with Gasteiger partial charge in [-0.3, -0.25) is 0 Å². The smallest absolute Gasteiger partial charge is 0.203 e. The average molecular weight is 295 g/mol. The van der Waals surface area contributed by atoms with Crippen LogP contribution in [0.4, 0.5) is 0 Å². The van der Waals surface area contributed by atoms with Crippen molar-refractivity contribution in [3.05, 3.63) is 18.2 Å². The molecule has 0 aromatic heterocycles. The second-order valence-electron chi connectivity index (χ2n) is 5.19. The number of ether oxygens (including phenoxy) is 3. The molecule has 1 unspecified atom stereocenters. The average Bonchev–Trinajstić information content (AvgIpc) is 2.52. The highest BCUT2D eigenvalue weighted by molar-refractivity contribution is 5.51. The molecule has 0 saturated carbocycles. The number of para-hydroxylation sites is 1. The Kier molecular flexibility index (Phi) is 8.67. The highest BCUT2D eigenvalue weighted by atomic mass is 16.5. The number of hydrogen-bond acceptors (Lipinski definition) is 4. The van der Waals surface area contributed by atoms with E-state index in [0.29, 0.717) is 29.9 Å². The number of nitrogens with one attached hydrogen (secondary N) is 1. The summed E-state index contributed by atoms with van der Waals surface area (Å²) in [5.41, 5.74) is 0. The second-order valence-corrected chi connectivity index (χ2v) is 5.19. The summed E-state index contributed by atoms with van der Waals surface area (Å²) >= 11 is 0. The van der Waals surface area contributed by atoms with Crippen LogP contribution in [-0.2, 0) is 0 Å². The normalized spacial score (nSPS) is 12.0. The van der Waals surface area contributed by atoms with E-state index in [2.05, 4.69) is 19.2 Å². The van der Waals surface area contributed by atoms with Crippen molar-refractivity contribution in [3.8, 4) is 17.2 Å². The molecule has 0 radical (unpaired) electrons. The zero-order valence-corrected chi connectivity index (χ0v) is 13.8. The first kappa shape index (κ1) is 17.6. The Hall–Kier alpha value is -1.42. The van der Waals surface area contributed by atoms with Crippen molar-refractivity contribution in [1.29, 1.82) is 0 Å². The minimum absolute atomic E-state index is 0.575. The standard InChI is InChI=1S/C17H29NO3/c1-5-12-18-14(2)9-6-7-13-21-17-15(19-3)10-8-11-16(17)20-4/h8,10-11,14,18H,5-7,9,12-13H2,1-4H3. The summed E-state index contributed by atoms with van der Waals surface area (Å²) in [6.45, 7) is 6.20. The zero-order valence-electron chi connectivity index (χ0n) is 13.8. The first-order valence-corrected chi connectivity index (χ1v) is 7.80. The van der Waals surface area contributed by atoms with Gasteiger partial charge in [0.1, 0.15) is 0 Å². The molecule has 4 heteroatoms. The molecule has 0 amide bonds. The summed E-state index contributed by atoms with van der Waals surface area (Å²) in [6.07, 6.45) is 4.53. The van der Waals surface area contributed by atoms with Crippen LogP contribution in [0.25, 0.3) is 0 Å². The first-order chi connectivity index (χ1) is 10.2. The SMILES string of the molecule is CCCNC(C)CCCCOc1c(OC)cccc1OC. The molecule has 1 aromatic carbocycles. The van der Waals surface area contributed by atoms with Crippen LogP contribution in [0.15, 0.2) is 18.2 Å². The quantitative estimate of drug-likeness (QED) is 0.633. The number of hydrogen-bond donors (Lipinski definition) is 1. The molecule has 1 N–H and O–H groups in total. The lowest BCUT2D eigenvalue weighted by Crippen LogP contribution is -2.26. The molecule has 0 aliphatic heterocycles. The van der Waals surface area contributed by atoms with Crippen LogP contribution >= 0.6 is 0 Å². The molecule has 21 heavy (non-hydrogen) atoms. The van der Waals surface area contributed by atoms with Crippen LogP contribution in [0.3, 0.4) is 0 Å². The molecule has 120 valence electrons. The van der Waals surface area contributed by atoms with Crippen LogP contribution in [0.2, 0.25) is 0 Å². The van der Waals surface area contributed by atoms with Gasteiger partial charge >= 0.3 is 0 Å². The Labute approximate surface area is 128 Å². The molecular weight excluding hydrogens is 266 g/mol. The molecule has 0 spiro atoms. The third-order valence-corrected chi connectivity index (χ3v) is 3.40. The molecule has 1 rings (SSSR count). The van der Waals surface area contributed by atoms with Gasteiger partial charge in [-0.2, -0.15) is 0 Å². The van der Waals surface area contributed by atoms with Crippen LogP contribution in [-0.4, -0.2) is 33.4 Å². The van der Waals surface area contributed by atoms with E-state index < -0.39 is 0 Å². The summed E-state index contributed by atoms with van der Waals surface area (Å²) in [7, 11) is 3.28. The van der Waals surface area contributed by atoms with Crippen molar-refractivity contribution in [3.63, 3.8) is 0 Å². The summed E-state index contributed by atoms with van der Waals surface area (Å²) in [5.74, 6) is 2.12. The van der Waals surface area contributed by atoms with Gasteiger partial charge in [0.25, 0.3) is 0 Å². The highest BCUT2D eigenvalue weighted by Gasteiger charge is 2.10. The fourth-order valence-corrected chi connectivity index (χ4v) is 2.18. The lowest BCUT2D eigenvalue weighted by molar-refractivity contribution is 0.266. The van der Waals surface area contributed by atoms with Gasteiger partial charge in [0.05, 0.1) is 20.8 Å². The number of rotatable bonds is 11. The van der Waals surface area contributed by atoms with Gasteiger partial charge in [-0.25, -0.2) is 0 Å². The molecular formula is C17H29NO3. The van der Waals surface area contributed by atoms with Gasteiger partial charge in [0.15, 0.2) is 11.5 Å². The van der Waals surface area contributed by atoms with Gasteiger partial charge in [0.2, 0.25) is 5.75 Å². The van der Waals surface area contributed by atoms with Gasteiger partial charge in [-0.05, 0) is 51.3 Å². The van der Waals surface area contributed by atoms with E-state index in [1.54, 1.807) is 14.2 Å². The van der Waals surface area contributed by atoms with Gasteiger partial charge in [0, 0.05) is 6.04 Å². The molecule has 0 heterocycles. The van der Waals surface area contributed by atoms with E-state index in [-0.39, 0.29) is 0 Å². The van der Waals surface area contributed by atoms with Crippen molar-refractivity contribution < 1.29 is 14.2 Å². The Balaban J connectivity index is 2.32. The zero-order chi connectivity index (χ0) is 15.5. The maximum absolute atomic E-state index is 5.84. The topological polar surface area (TPSA) is 39.7 Å². The molecule has 0 saturated heterocycles. The predicted molar refractivity (Wildman–Crippen MR) is 86.6 cm³/mol. The van der Waals surface area contributed by atoms with Crippen molar-refractivity contribution in [2.45, 2.75) is 45.6 Å². The van der Waals surface area contributed by atoms with Gasteiger partial charge < -0.3 is 19.5 Å². The predicted octanol–water partition coefficient (Wildman–Crippen LogP) is 3.64. The van der Waals surface area contributed by atoms with Crippen LogP contribution in [0.1, 0.15) is 39.5 Å². The van der Waals surface area contributed by atoms with E-state index in [4.69, 9.17) is 14.2 Å². The molecule has 4 nitrogen and oxygen atoms in total. The Bertz CT molecular complexity index is 373. The van der Waals surface area contributed by atoms with Crippen molar-refractivity contribution in [1.82, 2.24) is 5.32 Å². The maximum atomic E-state index is 5.84. The minimum atomic E-state index is 0.575. The van der Waals surface area contributed by atoms with E-state index in [1.807, 2.05) is 18.2 Å². The lowest BCUT2D eigenvalue weighted by atomic mass is 10.1. The second kappa shape index (κ2) is 10.3. The molecule has 0 bridgehead atoms. The van der Waals surface area contributed by atoms with Crippen molar-refractivity contribution >= 4 is 0 Å². The minimum Gasteiger partial charge on any atom is -0.493 e. The number of unbranched alkanes of at least 4 members (excludes halogenated alkanes) is 1. The fraction of sp³-hybridized carbons (Fsp3) is 0.647. The van der Waals surface area contributed by atoms with Crippen molar-refractivity contribution in [2.75, 3.05) is 27.4 Å². The summed E-state index contributed by atoms with van der Waals surface area (Å²) in [6, 6.07) is 6.24. The summed E-state index contributed by atoms with van der Waals surface area (Å²) < 4.78 is 16.5. The van der Waals surface area contributed by atoms with Gasteiger partial charge in [-0.15, -0.1) is 0 Å². The van der Waals surface area contributed by atoms with Gasteiger partial charge in [-0.1, -0.05) is 13.0 Å². The molecule has 1 atom stereocenters. The third-order valence-electron chi connectivity index (χ3n) is 3.40. The summed E-state index contributed by atoms with van der Waals surface area (Å²) in [5, 5.41) is 3.50. The monoisotopic (exact) mass is 295 g/mol. The first-order valence-electron chi connectivity index (χ1n) is 7.80. The van der Waals surface area contributed by atoms with E-state index in [9.17, 15) is 0 Å². The molecule has 1 aromatic rings. The number of benzene rings is 1. The van der Waals surface area contributed by atoms with Crippen LogP contribution in [0, 0.1) is 0 Å². The lowest BCUT2D eigenvalue weighted by Gasteiger charge is -2.15. The van der Waals surface area contributed by atoms with E-state index >= 15 is 0 Å². The molecule has 0 aliphatic carbocycles. The molecule has 0 fully saturated rings. The Morgan fingerprint density at radius 1 is 1.10 bits per heavy atom.